The molecule has 0 atom stereocenters. The molecule has 13 rings (SSSR count). The Morgan fingerprint density at radius 3 is 1.46 bits per heavy atom. The van der Waals surface area contributed by atoms with E-state index >= 15 is 0 Å². The first kappa shape index (κ1) is 63.6. The molecular weight excluding hydrogens is 1200 g/mol. The molecule has 0 bridgehead atoms. The SMILES string of the molecule is CC(C)(CN1CCCCC1)Oc1ccc(-c2cnc3c(Br)cnn3c2)cc1.COC(=O)c1cccc2c(-c3cnn4cc(-c5ccc(OC(C)(C)CN6CCCCC6)cc5)cnc34)cccc12.COC(=O)c1cccc2c(B3OC(C)(C)C(C)(C)O3)cccc12. The molecule has 3 fully saturated rings. The Hall–Kier alpha value is -8.00. The zero-order valence-electron chi connectivity index (χ0n) is 53.3. The van der Waals surface area contributed by atoms with Gasteiger partial charge in [0.25, 0.3) is 0 Å². The number of carbonyl (C=O) groups excluding carboxylic acids is 2. The van der Waals surface area contributed by atoms with Crippen molar-refractivity contribution in [3.8, 4) is 44.9 Å². The third-order valence-corrected chi connectivity index (χ3v) is 18.0. The van der Waals surface area contributed by atoms with Gasteiger partial charge >= 0.3 is 19.1 Å². The minimum Gasteiger partial charge on any atom is -0.487 e. The lowest BCUT2D eigenvalue weighted by Gasteiger charge is -2.35. The Bertz CT molecular complexity index is 4160. The van der Waals surface area contributed by atoms with Gasteiger partial charge in [0.15, 0.2) is 11.3 Å². The summed E-state index contributed by atoms with van der Waals surface area (Å²) in [6, 6.07) is 39.4. The van der Waals surface area contributed by atoms with Crippen molar-refractivity contribution >= 4 is 73.3 Å². The van der Waals surface area contributed by atoms with Gasteiger partial charge in [0.1, 0.15) is 22.7 Å². The summed E-state index contributed by atoms with van der Waals surface area (Å²) in [5.41, 5.74) is 8.29. The summed E-state index contributed by atoms with van der Waals surface area (Å²) in [7, 11) is 2.33. The van der Waals surface area contributed by atoms with Crippen molar-refractivity contribution < 1.29 is 37.8 Å². The van der Waals surface area contributed by atoms with Crippen LogP contribution in [-0.2, 0) is 18.8 Å². The quantitative estimate of drug-likeness (QED) is 0.0748. The number of hydrogen-bond donors (Lipinski definition) is 0. The van der Waals surface area contributed by atoms with Crippen molar-refractivity contribution in [3.63, 3.8) is 0 Å². The Labute approximate surface area is 536 Å². The number of esters is 2. The van der Waals surface area contributed by atoms with Crippen LogP contribution in [0.1, 0.15) is 115 Å². The third kappa shape index (κ3) is 14.3. The fourth-order valence-electron chi connectivity index (χ4n) is 12.3. The number of methoxy groups -OCH3 is 2. The third-order valence-electron chi connectivity index (χ3n) is 17.4. The fourth-order valence-corrected chi connectivity index (χ4v) is 12.7. The summed E-state index contributed by atoms with van der Waals surface area (Å²) in [4.78, 5) is 38.6. The molecule has 0 unspecified atom stereocenters. The molecule has 16 nitrogen and oxygen atoms in total. The maximum absolute atomic E-state index is 12.3. The molecule has 3 aliphatic rings. The number of rotatable bonds is 14. The highest BCUT2D eigenvalue weighted by Crippen LogP contribution is 2.38. The Morgan fingerprint density at radius 1 is 0.511 bits per heavy atom. The van der Waals surface area contributed by atoms with E-state index in [0.717, 1.165) is 114 Å². The first-order chi connectivity index (χ1) is 43.2. The second-order valence-corrected chi connectivity index (χ2v) is 26.6. The molecule has 0 spiro atoms. The topological polar surface area (TPSA) is 156 Å². The predicted octanol–water partition coefficient (Wildman–Crippen LogP) is 14.4. The van der Waals surface area contributed by atoms with Crippen LogP contribution in [0.2, 0.25) is 0 Å². The van der Waals surface area contributed by atoms with Gasteiger partial charge in [0, 0.05) is 54.6 Å². The molecule has 4 aromatic heterocycles. The van der Waals surface area contributed by atoms with Crippen LogP contribution < -0.4 is 14.9 Å². The standard InChI is InChI=1S/C33H34N4O3.C21H25BrN4O.C18H21BO4/c1-33(2,22-36-17-5-4-6-18-36)40-25-15-13-23(14-16-25)24-19-34-31-30(20-35-37(31)21-24)28-11-7-10-27-26(28)9-8-12-29(27)32(38)39-3;1-21(2,15-25-10-4-3-5-11-25)27-18-8-6-16(7-9-18)17-12-23-20-19(22)13-24-26(20)14-17;1-17(2)18(3,4)23-19(22-17)15-11-7-8-12-13(15)9-6-10-14(12)16(20)21-5/h7-16,19-21H,4-6,17-18,22H2,1-3H3;6-9,12-14H,3-5,10-11,15H2,1-2H3;6-11H,1-5H3. The van der Waals surface area contributed by atoms with Crippen LogP contribution in [0.15, 0.2) is 163 Å². The molecule has 466 valence electrons. The maximum atomic E-state index is 12.3. The first-order valence-corrected chi connectivity index (χ1v) is 31.9. The smallest absolute Gasteiger partial charge is 0.487 e. The number of halogens is 1. The number of carbonyl (C=O) groups is 2. The number of likely N-dealkylation sites (tertiary alicyclic amines) is 2. The molecule has 3 saturated heterocycles. The number of benzene rings is 6. The van der Waals surface area contributed by atoms with Gasteiger partial charge in [0.05, 0.1) is 53.4 Å². The van der Waals surface area contributed by atoms with Crippen LogP contribution in [0, 0.1) is 0 Å². The molecule has 0 N–H and O–H groups in total. The van der Waals surface area contributed by atoms with E-state index in [1.54, 1.807) is 27.4 Å². The average Bonchev–Trinajstić information content (AvgIpc) is 1.55. The van der Waals surface area contributed by atoms with Crippen LogP contribution in [-0.4, -0.2) is 134 Å². The highest BCUT2D eigenvalue weighted by molar-refractivity contribution is 9.10. The van der Waals surface area contributed by atoms with Crippen LogP contribution in [0.4, 0.5) is 0 Å². The molecule has 90 heavy (non-hydrogen) atoms. The number of piperidine rings is 2. The molecule has 0 radical (unpaired) electrons. The molecule has 0 aliphatic carbocycles. The Morgan fingerprint density at radius 2 is 0.944 bits per heavy atom. The highest BCUT2D eigenvalue weighted by atomic mass is 79.9. The highest BCUT2D eigenvalue weighted by Gasteiger charge is 2.52. The number of aromatic nitrogens is 6. The van der Waals surface area contributed by atoms with Gasteiger partial charge in [-0.15, -0.1) is 0 Å². The van der Waals surface area contributed by atoms with E-state index in [-0.39, 0.29) is 23.1 Å². The summed E-state index contributed by atoms with van der Waals surface area (Å²) in [6.07, 6.45) is 19.2. The first-order valence-electron chi connectivity index (χ1n) is 31.1. The van der Waals surface area contributed by atoms with Crippen molar-refractivity contribution in [2.24, 2.45) is 0 Å². The van der Waals surface area contributed by atoms with E-state index in [4.69, 9.17) is 33.2 Å². The van der Waals surface area contributed by atoms with E-state index in [1.165, 1.54) is 65.8 Å². The van der Waals surface area contributed by atoms with E-state index in [1.807, 2.05) is 144 Å². The zero-order chi connectivity index (χ0) is 63.4. The number of ether oxygens (including phenoxy) is 4. The second kappa shape index (κ2) is 26.8. The molecule has 6 aromatic carbocycles. The van der Waals surface area contributed by atoms with Crippen molar-refractivity contribution in [1.29, 1.82) is 0 Å². The monoisotopic (exact) mass is 1270 g/mol. The summed E-state index contributed by atoms with van der Waals surface area (Å²) < 4.78 is 39.3. The van der Waals surface area contributed by atoms with E-state index in [0.29, 0.717) is 11.1 Å². The van der Waals surface area contributed by atoms with Crippen LogP contribution in [0.25, 0.3) is 66.2 Å². The Kier molecular flexibility index (Phi) is 19.0. The molecule has 10 aromatic rings. The van der Waals surface area contributed by atoms with Crippen LogP contribution >= 0.6 is 15.9 Å². The minimum absolute atomic E-state index is 0.208. The van der Waals surface area contributed by atoms with E-state index in [9.17, 15) is 9.59 Å². The van der Waals surface area contributed by atoms with Gasteiger partial charge in [-0.05, 0) is 203 Å². The molecule has 0 saturated carbocycles. The maximum Gasteiger partial charge on any atom is 0.495 e. The van der Waals surface area contributed by atoms with Gasteiger partial charge in [-0.2, -0.15) is 10.2 Å². The second-order valence-electron chi connectivity index (χ2n) is 25.7. The van der Waals surface area contributed by atoms with Crippen LogP contribution in [0.3, 0.4) is 0 Å². The lowest BCUT2D eigenvalue weighted by Crippen LogP contribution is -2.44. The van der Waals surface area contributed by atoms with Crippen molar-refractivity contribution in [1.82, 2.24) is 39.0 Å². The van der Waals surface area contributed by atoms with Crippen LogP contribution in [0.5, 0.6) is 11.5 Å². The molecule has 18 heteroatoms. The average molecular weight is 1280 g/mol. The molecule has 7 heterocycles. The molecule has 3 aliphatic heterocycles. The van der Waals surface area contributed by atoms with Gasteiger partial charge in [0.2, 0.25) is 0 Å². The van der Waals surface area contributed by atoms with Crippen molar-refractivity contribution in [3.05, 3.63) is 174 Å². The van der Waals surface area contributed by atoms with Crippen molar-refractivity contribution in [2.45, 2.75) is 116 Å². The Balaban J connectivity index is 0.000000146. The minimum atomic E-state index is -0.461. The normalized spacial score (nSPS) is 16.1. The summed E-state index contributed by atoms with van der Waals surface area (Å²) >= 11 is 3.45. The van der Waals surface area contributed by atoms with E-state index in [2.05, 4.69) is 92.9 Å². The zero-order valence-corrected chi connectivity index (χ0v) is 54.9. The van der Waals surface area contributed by atoms with E-state index < -0.39 is 18.3 Å². The molecule has 0 amide bonds. The number of fused-ring (bicyclic) bond motifs is 4. The largest absolute Gasteiger partial charge is 0.495 e. The lowest BCUT2D eigenvalue weighted by atomic mass is 9.75. The van der Waals surface area contributed by atoms with Gasteiger partial charge in [-0.1, -0.05) is 97.8 Å². The number of hydrogen-bond acceptors (Lipinski definition) is 14. The van der Waals surface area contributed by atoms with Gasteiger partial charge < -0.3 is 28.3 Å². The summed E-state index contributed by atoms with van der Waals surface area (Å²) in [6.45, 7) is 23.3. The summed E-state index contributed by atoms with van der Waals surface area (Å²) in [5.74, 6) is 1.06. The predicted molar refractivity (Wildman–Crippen MR) is 360 cm³/mol. The van der Waals surface area contributed by atoms with Gasteiger partial charge in [-0.25, -0.2) is 28.6 Å². The summed E-state index contributed by atoms with van der Waals surface area (Å²) in [5, 5.41) is 12.5. The lowest BCUT2D eigenvalue weighted by molar-refractivity contribution is 0.00578. The fraction of sp³-hybridized carbons (Fsp3) is 0.361. The van der Waals surface area contributed by atoms with Gasteiger partial charge in [-0.3, -0.25) is 9.80 Å². The number of nitrogens with zero attached hydrogens (tertiary/aromatic N) is 8. The molecular formula is C72H80BBrN8O8. The van der Waals surface area contributed by atoms with Crippen molar-refractivity contribution in [2.75, 3.05) is 53.5 Å².